The van der Waals surface area contributed by atoms with Crippen molar-refractivity contribution in [1.29, 1.82) is 0 Å². The van der Waals surface area contributed by atoms with Crippen LogP contribution in [0.5, 0.6) is 0 Å². The maximum Gasteiger partial charge on any atom is 0.169 e. The molecule has 3 N–H and O–H groups in total. The van der Waals surface area contributed by atoms with E-state index in [-0.39, 0.29) is 11.9 Å². The van der Waals surface area contributed by atoms with E-state index in [0.29, 0.717) is 24.7 Å². The fourth-order valence-corrected chi connectivity index (χ4v) is 2.04. The summed E-state index contributed by atoms with van der Waals surface area (Å²) < 4.78 is 5.43. The lowest BCUT2D eigenvalue weighted by Crippen LogP contribution is -2.48. The molecule has 0 amide bonds. The zero-order valence-electron chi connectivity index (χ0n) is 9.79. The molecule has 1 aromatic rings. The van der Waals surface area contributed by atoms with Crippen molar-refractivity contribution in [3.63, 3.8) is 0 Å². The molecule has 2 rings (SSSR count). The first-order valence-corrected chi connectivity index (χ1v) is 5.98. The molecule has 0 radical (unpaired) electrons. The van der Waals surface area contributed by atoms with Gasteiger partial charge < -0.3 is 15.7 Å². The molecule has 1 fully saturated rings. The fraction of sp³-hybridized carbons (Fsp3) is 0.455. The van der Waals surface area contributed by atoms with Crippen LogP contribution in [0.15, 0.2) is 23.6 Å². The molecule has 7 heteroatoms. The molecule has 0 spiro atoms. The molecule has 1 aliphatic rings. The number of aromatic nitrogens is 1. The van der Waals surface area contributed by atoms with Gasteiger partial charge in [0.25, 0.3) is 0 Å². The van der Waals surface area contributed by atoms with Gasteiger partial charge in [-0.1, -0.05) is 16.8 Å². The lowest BCUT2D eigenvalue weighted by Gasteiger charge is -2.32. The van der Waals surface area contributed by atoms with Crippen molar-refractivity contribution in [2.24, 2.45) is 10.9 Å². The third-order valence-corrected chi connectivity index (χ3v) is 3.19. The van der Waals surface area contributed by atoms with Crippen molar-refractivity contribution in [3.8, 4) is 0 Å². The molecule has 1 saturated heterocycles. The highest BCUT2D eigenvalue weighted by molar-refractivity contribution is 6.31. The quantitative estimate of drug-likeness (QED) is 0.365. The molecule has 2 heterocycles. The van der Waals surface area contributed by atoms with E-state index in [1.54, 1.807) is 12.4 Å². The van der Waals surface area contributed by atoms with E-state index in [4.69, 9.17) is 27.3 Å². The van der Waals surface area contributed by atoms with Crippen molar-refractivity contribution < 1.29 is 9.94 Å². The van der Waals surface area contributed by atoms with E-state index >= 15 is 0 Å². The highest BCUT2D eigenvalue weighted by Gasteiger charge is 2.24. The lowest BCUT2D eigenvalue weighted by molar-refractivity contribution is 0.00141. The maximum atomic E-state index is 8.64. The second-order valence-corrected chi connectivity index (χ2v) is 4.49. The summed E-state index contributed by atoms with van der Waals surface area (Å²) in [6.45, 7) is 2.60. The van der Waals surface area contributed by atoms with Gasteiger partial charge in [0.1, 0.15) is 6.10 Å². The van der Waals surface area contributed by atoms with Gasteiger partial charge in [-0.05, 0) is 11.6 Å². The molecule has 1 aromatic heterocycles. The van der Waals surface area contributed by atoms with Crippen LogP contribution in [0.2, 0.25) is 5.02 Å². The number of amidine groups is 1. The number of rotatable bonds is 3. The first-order chi connectivity index (χ1) is 8.70. The Labute approximate surface area is 110 Å². The Kier molecular flexibility index (Phi) is 4.35. The molecule has 0 bridgehead atoms. The van der Waals surface area contributed by atoms with Crippen LogP contribution in [0, 0.1) is 0 Å². The number of hydrogen-bond donors (Lipinski definition) is 2. The van der Waals surface area contributed by atoms with Crippen LogP contribution in [0.25, 0.3) is 0 Å². The largest absolute Gasteiger partial charge is 0.409 e. The average molecular weight is 271 g/mol. The van der Waals surface area contributed by atoms with Crippen LogP contribution in [0.3, 0.4) is 0 Å². The molecule has 0 aromatic carbocycles. The average Bonchev–Trinajstić information content (AvgIpc) is 2.41. The van der Waals surface area contributed by atoms with Crippen molar-refractivity contribution in [2.45, 2.75) is 12.6 Å². The SMILES string of the molecule is N/C(=N\O)C1CN(Cc2ccncc2Cl)CCO1. The Morgan fingerprint density at radius 2 is 2.56 bits per heavy atom. The van der Waals surface area contributed by atoms with Gasteiger partial charge in [0, 0.05) is 32.0 Å². The minimum atomic E-state index is -0.371. The Bertz CT molecular complexity index is 441. The summed E-state index contributed by atoms with van der Waals surface area (Å²) in [5.74, 6) is 0.0977. The summed E-state index contributed by atoms with van der Waals surface area (Å²) in [6.07, 6.45) is 2.96. The van der Waals surface area contributed by atoms with Gasteiger partial charge in [-0.2, -0.15) is 0 Å². The summed E-state index contributed by atoms with van der Waals surface area (Å²) in [4.78, 5) is 6.09. The van der Waals surface area contributed by atoms with Crippen LogP contribution in [-0.2, 0) is 11.3 Å². The summed E-state index contributed by atoms with van der Waals surface area (Å²) in [7, 11) is 0. The van der Waals surface area contributed by atoms with Crippen molar-refractivity contribution >= 4 is 17.4 Å². The zero-order valence-corrected chi connectivity index (χ0v) is 10.5. The summed E-state index contributed by atoms with van der Waals surface area (Å²) in [5, 5.41) is 12.3. The smallest absolute Gasteiger partial charge is 0.169 e. The monoisotopic (exact) mass is 270 g/mol. The third kappa shape index (κ3) is 3.10. The number of morpholine rings is 1. The molecular formula is C11H15ClN4O2. The van der Waals surface area contributed by atoms with Gasteiger partial charge in [-0.25, -0.2) is 0 Å². The molecule has 18 heavy (non-hydrogen) atoms. The van der Waals surface area contributed by atoms with E-state index in [2.05, 4.69) is 15.0 Å². The van der Waals surface area contributed by atoms with Crippen LogP contribution >= 0.6 is 11.6 Å². The van der Waals surface area contributed by atoms with Crippen LogP contribution < -0.4 is 5.73 Å². The van der Waals surface area contributed by atoms with Gasteiger partial charge in [0.05, 0.1) is 11.6 Å². The van der Waals surface area contributed by atoms with Crippen LogP contribution in [0.1, 0.15) is 5.56 Å². The van der Waals surface area contributed by atoms with E-state index in [0.717, 1.165) is 12.1 Å². The van der Waals surface area contributed by atoms with Gasteiger partial charge >= 0.3 is 0 Å². The van der Waals surface area contributed by atoms with Crippen LogP contribution in [0.4, 0.5) is 0 Å². The second kappa shape index (κ2) is 5.99. The van der Waals surface area contributed by atoms with E-state index in [1.807, 2.05) is 6.07 Å². The molecular weight excluding hydrogens is 256 g/mol. The molecule has 1 aliphatic heterocycles. The number of pyridine rings is 1. The summed E-state index contributed by atoms with van der Waals surface area (Å²) >= 11 is 6.06. The van der Waals surface area contributed by atoms with E-state index in [9.17, 15) is 0 Å². The summed E-state index contributed by atoms with van der Waals surface area (Å²) in [5.41, 5.74) is 6.55. The fourth-order valence-electron chi connectivity index (χ4n) is 1.86. The number of nitrogens with two attached hydrogens (primary N) is 1. The number of halogens is 1. The number of oxime groups is 1. The predicted octanol–water partition coefficient (Wildman–Crippen LogP) is 0.682. The zero-order chi connectivity index (χ0) is 13.0. The standard InChI is InChI=1S/C11H15ClN4O2/c12-9-5-14-2-1-8(9)6-16-3-4-18-10(7-16)11(13)15-17/h1-2,5,10,17H,3-4,6-7H2,(H2,13,15). The predicted molar refractivity (Wildman–Crippen MR) is 67.7 cm³/mol. The highest BCUT2D eigenvalue weighted by Crippen LogP contribution is 2.17. The molecule has 0 saturated carbocycles. The molecule has 98 valence electrons. The van der Waals surface area contributed by atoms with E-state index in [1.165, 1.54) is 0 Å². The topological polar surface area (TPSA) is 84.0 Å². The number of nitrogens with zero attached hydrogens (tertiary/aromatic N) is 3. The minimum Gasteiger partial charge on any atom is -0.409 e. The normalized spacial score (nSPS) is 22.1. The Hall–Kier alpha value is -1.37. The van der Waals surface area contributed by atoms with Crippen molar-refractivity contribution in [2.75, 3.05) is 19.7 Å². The Morgan fingerprint density at radius 3 is 3.28 bits per heavy atom. The highest BCUT2D eigenvalue weighted by atomic mass is 35.5. The third-order valence-electron chi connectivity index (χ3n) is 2.85. The number of hydrogen-bond acceptors (Lipinski definition) is 5. The molecule has 1 unspecified atom stereocenters. The molecule has 1 atom stereocenters. The number of ether oxygens (including phenoxy) is 1. The second-order valence-electron chi connectivity index (χ2n) is 4.09. The van der Waals surface area contributed by atoms with Crippen LogP contribution in [-0.4, -0.2) is 46.7 Å². The minimum absolute atomic E-state index is 0.0977. The van der Waals surface area contributed by atoms with Gasteiger partial charge in [0.2, 0.25) is 0 Å². The van der Waals surface area contributed by atoms with Crippen molar-refractivity contribution in [3.05, 3.63) is 29.0 Å². The molecule has 6 nitrogen and oxygen atoms in total. The Morgan fingerprint density at radius 1 is 1.72 bits per heavy atom. The molecule has 0 aliphatic carbocycles. The first kappa shape index (κ1) is 13.1. The lowest BCUT2D eigenvalue weighted by atomic mass is 10.2. The van der Waals surface area contributed by atoms with Gasteiger partial charge in [-0.3, -0.25) is 9.88 Å². The Balaban J connectivity index is 2.00. The first-order valence-electron chi connectivity index (χ1n) is 5.60. The summed E-state index contributed by atoms with van der Waals surface area (Å²) in [6, 6.07) is 1.89. The van der Waals surface area contributed by atoms with Crippen molar-refractivity contribution in [1.82, 2.24) is 9.88 Å². The van der Waals surface area contributed by atoms with Gasteiger partial charge in [0.15, 0.2) is 5.84 Å². The van der Waals surface area contributed by atoms with E-state index < -0.39 is 0 Å². The maximum absolute atomic E-state index is 8.64. The van der Waals surface area contributed by atoms with Gasteiger partial charge in [-0.15, -0.1) is 0 Å².